The molecule has 0 aliphatic rings. The normalized spacial score (nSPS) is 11.2. The summed E-state index contributed by atoms with van der Waals surface area (Å²) in [7, 11) is 0. The lowest BCUT2D eigenvalue weighted by atomic mass is 10.1. The molecule has 0 aliphatic heterocycles. The van der Waals surface area contributed by atoms with Crippen molar-refractivity contribution in [2.24, 2.45) is 0 Å². The third-order valence-corrected chi connectivity index (χ3v) is 2.03. The molecule has 0 heterocycles. The fourth-order valence-electron chi connectivity index (χ4n) is 1.38. The Bertz CT molecular complexity index is 444. The van der Waals surface area contributed by atoms with Crippen LogP contribution < -0.4 is 0 Å². The SMILES string of the molecule is F/C=C/c1ccc2ccccc2c1. The van der Waals surface area contributed by atoms with Crippen LogP contribution in [0.3, 0.4) is 0 Å². The van der Waals surface area contributed by atoms with Crippen molar-refractivity contribution in [2.45, 2.75) is 0 Å². The Morgan fingerprint density at radius 1 is 0.923 bits per heavy atom. The van der Waals surface area contributed by atoms with Crippen molar-refractivity contribution in [3.8, 4) is 0 Å². The van der Waals surface area contributed by atoms with Crippen LogP contribution in [0.2, 0.25) is 0 Å². The summed E-state index contributed by atoms with van der Waals surface area (Å²) < 4.78 is 11.9. The topological polar surface area (TPSA) is 0 Å². The number of halogens is 1. The van der Waals surface area contributed by atoms with Crippen LogP contribution >= 0.6 is 0 Å². The summed E-state index contributed by atoms with van der Waals surface area (Å²) in [6.07, 6.45) is 2.01. The highest BCUT2D eigenvalue weighted by Crippen LogP contribution is 2.16. The largest absolute Gasteiger partial charge is 0.216 e. The van der Waals surface area contributed by atoms with Gasteiger partial charge in [-0.25, -0.2) is 4.39 Å². The van der Waals surface area contributed by atoms with E-state index in [0.717, 1.165) is 10.9 Å². The van der Waals surface area contributed by atoms with Crippen molar-refractivity contribution in [3.05, 3.63) is 54.4 Å². The van der Waals surface area contributed by atoms with Crippen molar-refractivity contribution in [2.75, 3.05) is 0 Å². The van der Waals surface area contributed by atoms with Crippen LogP contribution in [0, 0.1) is 0 Å². The summed E-state index contributed by atoms with van der Waals surface area (Å²) in [6.45, 7) is 0. The standard InChI is InChI=1S/C12H9F/c13-8-7-10-5-6-11-3-1-2-4-12(11)9-10/h1-9H/b8-7+. The summed E-state index contributed by atoms with van der Waals surface area (Å²) in [5.74, 6) is 0. The Labute approximate surface area is 76.3 Å². The quantitative estimate of drug-likeness (QED) is 0.614. The Morgan fingerprint density at radius 2 is 1.69 bits per heavy atom. The number of hydrogen-bond donors (Lipinski definition) is 0. The van der Waals surface area contributed by atoms with Gasteiger partial charge in [-0.1, -0.05) is 36.4 Å². The monoisotopic (exact) mass is 172 g/mol. The Kier molecular flexibility index (Phi) is 2.09. The predicted molar refractivity (Wildman–Crippen MR) is 54.1 cm³/mol. The van der Waals surface area contributed by atoms with E-state index in [1.54, 1.807) is 0 Å². The zero-order chi connectivity index (χ0) is 9.10. The number of hydrogen-bond acceptors (Lipinski definition) is 0. The Morgan fingerprint density at radius 3 is 2.46 bits per heavy atom. The average molecular weight is 172 g/mol. The van der Waals surface area contributed by atoms with E-state index in [-0.39, 0.29) is 0 Å². The molecule has 0 saturated heterocycles. The highest BCUT2D eigenvalue weighted by Gasteiger charge is 1.91. The summed E-state index contributed by atoms with van der Waals surface area (Å²) in [4.78, 5) is 0. The predicted octanol–water partition coefficient (Wildman–Crippen LogP) is 3.78. The molecular weight excluding hydrogens is 163 g/mol. The first-order valence-corrected chi connectivity index (χ1v) is 4.16. The molecule has 0 radical (unpaired) electrons. The molecule has 0 unspecified atom stereocenters. The highest BCUT2D eigenvalue weighted by atomic mass is 19.1. The van der Waals surface area contributed by atoms with Crippen molar-refractivity contribution in [1.82, 2.24) is 0 Å². The van der Waals surface area contributed by atoms with Gasteiger partial charge in [-0.3, -0.25) is 0 Å². The molecule has 0 N–H and O–H groups in total. The van der Waals surface area contributed by atoms with E-state index in [4.69, 9.17) is 0 Å². The molecule has 1 heteroatoms. The number of rotatable bonds is 1. The molecule has 64 valence electrons. The Hall–Kier alpha value is -1.63. The lowest BCUT2D eigenvalue weighted by Gasteiger charge is -1.97. The molecule has 0 saturated carbocycles. The summed E-state index contributed by atoms with van der Waals surface area (Å²) >= 11 is 0. The van der Waals surface area contributed by atoms with Crippen LogP contribution in [0.15, 0.2) is 48.8 Å². The van der Waals surface area contributed by atoms with Crippen LogP contribution in [-0.2, 0) is 0 Å². The van der Waals surface area contributed by atoms with Crippen LogP contribution in [0.25, 0.3) is 16.8 Å². The molecule has 13 heavy (non-hydrogen) atoms. The fraction of sp³-hybridized carbons (Fsp3) is 0. The van der Waals surface area contributed by atoms with Gasteiger partial charge in [0.25, 0.3) is 0 Å². The van der Waals surface area contributed by atoms with Gasteiger partial charge in [0.2, 0.25) is 0 Å². The first kappa shape index (κ1) is 7.99. The molecule has 0 amide bonds. The lowest BCUT2D eigenvalue weighted by molar-refractivity contribution is 0.727. The van der Waals surface area contributed by atoms with Crippen LogP contribution in [-0.4, -0.2) is 0 Å². The maximum atomic E-state index is 11.9. The molecule has 0 atom stereocenters. The second-order valence-electron chi connectivity index (χ2n) is 2.90. The van der Waals surface area contributed by atoms with E-state index in [2.05, 4.69) is 0 Å². The fourth-order valence-corrected chi connectivity index (χ4v) is 1.38. The maximum absolute atomic E-state index is 11.9. The molecule has 0 aromatic heterocycles. The van der Waals surface area contributed by atoms with Gasteiger partial charge in [-0.2, -0.15) is 0 Å². The highest BCUT2D eigenvalue weighted by molar-refractivity contribution is 5.84. The average Bonchev–Trinajstić information content (AvgIpc) is 2.18. The van der Waals surface area contributed by atoms with Gasteiger partial charge in [-0.05, 0) is 28.5 Å². The minimum Gasteiger partial charge on any atom is -0.216 e. The zero-order valence-electron chi connectivity index (χ0n) is 7.07. The van der Waals surface area contributed by atoms with Crippen LogP contribution in [0.1, 0.15) is 5.56 Å². The van der Waals surface area contributed by atoms with Gasteiger partial charge in [0.05, 0.1) is 6.33 Å². The molecule has 2 aromatic rings. The van der Waals surface area contributed by atoms with Crippen molar-refractivity contribution in [1.29, 1.82) is 0 Å². The van der Waals surface area contributed by atoms with Gasteiger partial charge in [0.15, 0.2) is 0 Å². The van der Waals surface area contributed by atoms with Crippen molar-refractivity contribution < 1.29 is 4.39 Å². The van der Waals surface area contributed by atoms with Crippen molar-refractivity contribution in [3.63, 3.8) is 0 Å². The second kappa shape index (κ2) is 3.40. The lowest BCUT2D eigenvalue weighted by Crippen LogP contribution is -1.74. The van der Waals surface area contributed by atoms with Gasteiger partial charge < -0.3 is 0 Å². The third kappa shape index (κ3) is 1.59. The Balaban J connectivity index is 2.62. The van der Waals surface area contributed by atoms with Crippen LogP contribution in [0.5, 0.6) is 0 Å². The van der Waals surface area contributed by atoms with E-state index >= 15 is 0 Å². The van der Waals surface area contributed by atoms with Crippen LogP contribution in [0.4, 0.5) is 4.39 Å². The maximum Gasteiger partial charge on any atom is 0.0872 e. The van der Waals surface area contributed by atoms with E-state index in [1.807, 2.05) is 42.5 Å². The minimum absolute atomic E-state index is 0.560. The van der Waals surface area contributed by atoms with Gasteiger partial charge >= 0.3 is 0 Å². The summed E-state index contributed by atoms with van der Waals surface area (Å²) in [5.41, 5.74) is 0.890. The molecule has 0 aliphatic carbocycles. The molecule has 2 rings (SSSR count). The molecule has 0 spiro atoms. The number of benzene rings is 2. The van der Waals surface area contributed by atoms with Gasteiger partial charge in [0.1, 0.15) is 0 Å². The minimum atomic E-state index is 0.560. The van der Waals surface area contributed by atoms with E-state index in [0.29, 0.717) is 6.33 Å². The van der Waals surface area contributed by atoms with Gasteiger partial charge in [-0.15, -0.1) is 0 Å². The first-order valence-electron chi connectivity index (χ1n) is 4.16. The smallest absolute Gasteiger partial charge is 0.0872 e. The molecule has 2 aromatic carbocycles. The van der Waals surface area contributed by atoms with E-state index in [9.17, 15) is 4.39 Å². The first-order chi connectivity index (χ1) is 6.40. The summed E-state index contributed by atoms with van der Waals surface area (Å²) in [5, 5.41) is 2.32. The number of fused-ring (bicyclic) bond motifs is 1. The second-order valence-corrected chi connectivity index (χ2v) is 2.90. The molecule has 0 nitrogen and oxygen atoms in total. The van der Waals surface area contributed by atoms with Crippen molar-refractivity contribution >= 4 is 16.8 Å². The molecular formula is C12H9F. The zero-order valence-corrected chi connectivity index (χ0v) is 7.07. The summed E-state index contributed by atoms with van der Waals surface area (Å²) in [6, 6.07) is 13.9. The van der Waals surface area contributed by atoms with E-state index < -0.39 is 0 Å². The molecule has 0 bridgehead atoms. The van der Waals surface area contributed by atoms with Gasteiger partial charge in [0, 0.05) is 0 Å². The third-order valence-electron chi connectivity index (χ3n) is 2.03. The van der Waals surface area contributed by atoms with E-state index in [1.165, 1.54) is 11.5 Å². The molecule has 0 fully saturated rings.